The van der Waals surface area contributed by atoms with Crippen LogP contribution in [0, 0.1) is 5.92 Å². The molecule has 0 aromatic heterocycles. The number of aliphatic hydroxyl groups excluding tert-OH is 1. The fraction of sp³-hybridized carbons (Fsp3) is 0.481. The normalized spacial score (nSPS) is 18.7. The average molecular weight is 589 g/mol. The van der Waals surface area contributed by atoms with Gasteiger partial charge < -0.3 is 25.7 Å². The van der Waals surface area contributed by atoms with E-state index in [4.69, 9.17) is 0 Å². The third-order valence-corrected chi connectivity index (χ3v) is 7.32. The highest BCUT2D eigenvalue weighted by Crippen LogP contribution is 2.50. The number of amides is 3. The quantitative estimate of drug-likeness (QED) is 0.351. The number of carbonyl (C=O) groups excluding carboxylic acids is 2. The Morgan fingerprint density at radius 3 is 2.05 bits per heavy atom. The fourth-order valence-corrected chi connectivity index (χ4v) is 4.65. The monoisotopic (exact) mass is 588 g/mol. The predicted molar refractivity (Wildman–Crippen MR) is 136 cm³/mol. The van der Waals surface area contributed by atoms with Crippen LogP contribution in [0.15, 0.2) is 48.5 Å². The molecule has 4 N–H and O–H groups in total. The van der Waals surface area contributed by atoms with Crippen molar-refractivity contribution < 1.29 is 46.1 Å². The van der Waals surface area contributed by atoms with E-state index in [0.29, 0.717) is 41.4 Å². The Morgan fingerprint density at radius 1 is 0.902 bits per heavy atom. The summed E-state index contributed by atoms with van der Waals surface area (Å²) in [4.78, 5) is 28.3. The van der Waals surface area contributed by atoms with Gasteiger partial charge in [-0.1, -0.05) is 24.3 Å². The van der Waals surface area contributed by atoms with Crippen molar-refractivity contribution in [1.29, 1.82) is 0 Å². The number of alkyl halides is 6. The van der Waals surface area contributed by atoms with Crippen molar-refractivity contribution >= 4 is 17.6 Å². The number of aliphatic hydroxyl groups is 2. The van der Waals surface area contributed by atoms with Gasteiger partial charge >= 0.3 is 18.4 Å². The number of carbonyl (C=O) groups is 2. The molecule has 4 rings (SSSR count). The van der Waals surface area contributed by atoms with E-state index >= 15 is 0 Å². The maximum atomic E-state index is 13.1. The van der Waals surface area contributed by atoms with Crippen molar-refractivity contribution in [3.8, 4) is 0 Å². The number of nitrogens with one attached hydrogen (secondary N) is 2. The van der Waals surface area contributed by atoms with Crippen LogP contribution in [0.3, 0.4) is 0 Å². The first-order valence-electron chi connectivity index (χ1n) is 13.0. The molecular weight excluding hydrogens is 558 g/mol. The number of anilines is 1. The van der Waals surface area contributed by atoms with Crippen LogP contribution in [-0.4, -0.2) is 83.1 Å². The molecule has 8 nitrogen and oxygen atoms in total. The molecule has 1 unspecified atom stereocenters. The molecule has 2 aromatic rings. The van der Waals surface area contributed by atoms with E-state index < -0.39 is 29.6 Å². The highest BCUT2D eigenvalue weighted by atomic mass is 19.4. The SMILES string of the molecule is O=C(NCC1CC1)Nc1ccc(C(=O)N2CCN(Cc3ccc(C(O)(C(F)(F)F)C(F)(F)F)cc3)C(CO)C2)cc1. The van der Waals surface area contributed by atoms with E-state index in [1.807, 2.05) is 0 Å². The summed E-state index contributed by atoms with van der Waals surface area (Å²) in [5.41, 5.74) is -5.10. The van der Waals surface area contributed by atoms with E-state index in [2.05, 4.69) is 10.6 Å². The highest BCUT2D eigenvalue weighted by molar-refractivity contribution is 5.95. The molecule has 0 spiro atoms. The van der Waals surface area contributed by atoms with E-state index in [1.54, 1.807) is 29.2 Å². The molecule has 1 heterocycles. The third-order valence-electron chi connectivity index (χ3n) is 7.32. The van der Waals surface area contributed by atoms with Gasteiger partial charge in [0.2, 0.25) is 0 Å². The fourth-order valence-electron chi connectivity index (χ4n) is 4.65. The molecular formula is C27H30F6N4O4. The van der Waals surface area contributed by atoms with Gasteiger partial charge in [0.05, 0.1) is 12.6 Å². The van der Waals surface area contributed by atoms with Crippen LogP contribution >= 0.6 is 0 Å². The van der Waals surface area contributed by atoms with Gasteiger partial charge in [0.15, 0.2) is 0 Å². The lowest BCUT2D eigenvalue weighted by Gasteiger charge is -2.41. The Bertz CT molecular complexity index is 1200. The van der Waals surface area contributed by atoms with Crippen LogP contribution in [0.4, 0.5) is 36.8 Å². The minimum absolute atomic E-state index is 0.0905. The lowest BCUT2D eigenvalue weighted by molar-refractivity contribution is -0.376. The van der Waals surface area contributed by atoms with Gasteiger partial charge in [-0.15, -0.1) is 0 Å². The largest absolute Gasteiger partial charge is 0.430 e. The zero-order valence-electron chi connectivity index (χ0n) is 21.8. The number of benzene rings is 2. The van der Waals surface area contributed by atoms with Gasteiger partial charge in [0.1, 0.15) is 0 Å². The van der Waals surface area contributed by atoms with Crippen molar-refractivity contribution in [1.82, 2.24) is 15.1 Å². The number of urea groups is 1. The first-order chi connectivity index (χ1) is 19.2. The summed E-state index contributed by atoms with van der Waals surface area (Å²) in [6, 6.07) is 8.77. The van der Waals surface area contributed by atoms with E-state index in [-0.39, 0.29) is 44.7 Å². The molecule has 224 valence electrons. The number of piperazine rings is 1. The molecule has 1 saturated heterocycles. The Kier molecular flexibility index (Phi) is 8.85. The molecule has 2 fully saturated rings. The number of hydrogen-bond acceptors (Lipinski definition) is 5. The molecule has 1 atom stereocenters. The van der Waals surface area contributed by atoms with Crippen LogP contribution in [0.5, 0.6) is 0 Å². The number of hydrogen-bond donors (Lipinski definition) is 4. The summed E-state index contributed by atoms with van der Waals surface area (Å²) in [7, 11) is 0. The first-order valence-corrected chi connectivity index (χ1v) is 13.0. The molecule has 1 aliphatic carbocycles. The van der Waals surface area contributed by atoms with Crippen LogP contribution in [0.2, 0.25) is 0 Å². The predicted octanol–water partition coefficient (Wildman–Crippen LogP) is 3.85. The first kappa shape index (κ1) is 30.6. The van der Waals surface area contributed by atoms with Gasteiger partial charge in [-0.05, 0) is 48.6 Å². The standard InChI is InChI=1S/C27H30F6N4O4/c28-26(29,30)25(41,27(31,32)33)20-7-3-18(4-8-20)14-36-11-12-37(15-22(36)16-38)23(39)19-5-9-21(10-6-19)35-24(40)34-13-17-1-2-17/h3-10,17,22,38,41H,1-2,11-16H2,(H2,34,35,40). The molecule has 41 heavy (non-hydrogen) atoms. The van der Waals surface area contributed by atoms with Crippen molar-refractivity contribution in [2.24, 2.45) is 5.92 Å². The Morgan fingerprint density at radius 2 is 1.51 bits per heavy atom. The van der Waals surface area contributed by atoms with Crippen molar-refractivity contribution in [2.75, 3.05) is 38.1 Å². The molecule has 2 aliphatic rings. The summed E-state index contributed by atoms with van der Waals surface area (Å²) in [6.45, 7) is 1.05. The summed E-state index contributed by atoms with van der Waals surface area (Å²) >= 11 is 0. The highest BCUT2D eigenvalue weighted by Gasteiger charge is 2.71. The van der Waals surface area contributed by atoms with Crippen LogP contribution in [-0.2, 0) is 12.1 Å². The second kappa shape index (κ2) is 11.9. The number of halogens is 6. The van der Waals surface area contributed by atoms with E-state index in [1.165, 1.54) is 4.90 Å². The molecule has 1 saturated carbocycles. The topological polar surface area (TPSA) is 105 Å². The Balaban J connectivity index is 1.35. The smallest absolute Gasteiger partial charge is 0.395 e. The van der Waals surface area contributed by atoms with Crippen molar-refractivity contribution in [3.63, 3.8) is 0 Å². The van der Waals surface area contributed by atoms with Crippen LogP contribution < -0.4 is 10.6 Å². The summed E-state index contributed by atoms with van der Waals surface area (Å²) < 4.78 is 78.9. The zero-order valence-corrected chi connectivity index (χ0v) is 21.8. The molecule has 14 heteroatoms. The van der Waals surface area contributed by atoms with Crippen LogP contribution in [0.1, 0.15) is 34.3 Å². The Hall–Kier alpha value is -3.36. The average Bonchev–Trinajstić information content (AvgIpc) is 3.75. The Labute approximate surface area is 231 Å². The molecule has 2 aromatic carbocycles. The van der Waals surface area contributed by atoms with Gasteiger partial charge in [-0.3, -0.25) is 9.69 Å². The number of rotatable bonds is 8. The minimum Gasteiger partial charge on any atom is -0.395 e. The molecule has 3 amide bonds. The second-order valence-electron chi connectivity index (χ2n) is 10.3. The molecule has 1 aliphatic heterocycles. The van der Waals surface area contributed by atoms with Gasteiger partial charge in [-0.25, -0.2) is 4.79 Å². The number of nitrogens with zero attached hydrogens (tertiary/aromatic N) is 2. The third kappa shape index (κ3) is 6.93. The molecule has 0 bridgehead atoms. The lowest BCUT2D eigenvalue weighted by Crippen LogP contribution is -2.55. The summed E-state index contributed by atoms with van der Waals surface area (Å²) in [5.74, 6) is 0.239. The second-order valence-corrected chi connectivity index (χ2v) is 10.3. The van der Waals surface area contributed by atoms with E-state index in [9.17, 15) is 46.1 Å². The van der Waals surface area contributed by atoms with Gasteiger partial charge in [-0.2, -0.15) is 26.3 Å². The zero-order chi connectivity index (χ0) is 30.0. The minimum atomic E-state index is -5.97. The van der Waals surface area contributed by atoms with Crippen molar-refractivity contribution in [2.45, 2.75) is 43.4 Å². The van der Waals surface area contributed by atoms with Crippen molar-refractivity contribution in [3.05, 3.63) is 65.2 Å². The van der Waals surface area contributed by atoms with Gasteiger partial charge in [0.25, 0.3) is 11.5 Å². The van der Waals surface area contributed by atoms with Gasteiger partial charge in [0, 0.05) is 49.5 Å². The molecule has 0 radical (unpaired) electrons. The summed E-state index contributed by atoms with van der Waals surface area (Å²) in [6.07, 6.45) is -9.73. The lowest BCUT2D eigenvalue weighted by atomic mass is 9.91. The van der Waals surface area contributed by atoms with E-state index in [0.717, 1.165) is 25.0 Å². The van der Waals surface area contributed by atoms with Crippen LogP contribution in [0.25, 0.3) is 0 Å². The summed E-state index contributed by atoms with van der Waals surface area (Å²) in [5, 5.41) is 25.0. The maximum absolute atomic E-state index is 13.1. The maximum Gasteiger partial charge on any atom is 0.430 e.